The Kier molecular flexibility index (Phi) is 13.2. The molecule has 11 N–H and O–H groups in total. The molecular formula is C28H37N5O9. The summed E-state index contributed by atoms with van der Waals surface area (Å²) in [6, 6.07) is 6.00. The number of benzene rings is 2. The molecule has 42 heavy (non-hydrogen) atoms. The fourth-order valence-electron chi connectivity index (χ4n) is 3.99. The molecule has 0 saturated heterocycles. The van der Waals surface area contributed by atoms with Crippen molar-refractivity contribution in [1.82, 2.24) is 16.0 Å². The molecule has 0 bridgehead atoms. The Balaban J connectivity index is 2.25. The number of phenols is 2. The molecule has 2 rings (SSSR count). The Morgan fingerprint density at radius 3 is 1.60 bits per heavy atom. The zero-order chi connectivity index (χ0) is 31.2. The average Bonchev–Trinajstić information content (AvgIpc) is 2.93. The number of unbranched alkanes of at least 4 members (excludes halogenated alkanes) is 1. The molecule has 4 unspecified atom stereocenters. The highest BCUT2D eigenvalue weighted by molar-refractivity contribution is 5.95. The van der Waals surface area contributed by atoms with Gasteiger partial charge in [-0.3, -0.25) is 19.2 Å². The summed E-state index contributed by atoms with van der Waals surface area (Å²) in [5.41, 5.74) is 12.3. The molecule has 14 heteroatoms. The Morgan fingerprint density at radius 1 is 0.667 bits per heavy atom. The molecule has 14 nitrogen and oxygen atoms in total. The van der Waals surface area contributed by atoms with Gasteiger partial charge in [-0.25, -0.2) is 4.79 Å². The first-order valence-corrected chi connectivity index (χ1v) is 13.3. The largest absolute Gasteiger partial charge is 0.508 e. The third-order valence-electron chi connectivity index (χ3n) is 6.32. The van der Waals surface area contributed by atoms with Crippen LogP contribution in [0.4, 0.5) is 0 Å². The van der Waals surface area contributed by atoms with Crippen molar-refractivity contribution < 1.29 is 44.4 Å². The summed E-state index contributed by atoms with van der Waals surface area (Å²) in [7, 11) is 0. The van der Waals surface area contributed by atoms with E-state index in [9.17, 15) is 44.4 Å². The summed E-state index contributed by atoms with van der Waals surface area (Å²) in [5, 5.41) is 45.3. The number of amides is 3. The molecule has 0 aliphatic carbocycles. The molecule has 0 aromatic heterocycles. The van der Waals surface area contributed by atoms with Gasteiger partial charge in [0, 0.05) is 12.8 Å². The number of nitrogens with one attached hydrogen (secondary N) is 3. The van der Waals surface area contributed by atoms with Crippen LogP contribution in [-0.4, -0.2) is 80.8 Å². The summed E-state index contributed by atoms with van der Waals surface area (Å²) >= 11 is 0. The number of nitrogens with two attached hydrogens (primary N) is 2. The van der Waals surface area contributed by atoms with E-state index in [4.69, 9.17) is 11.5 Å². The van der Waals surface area contributed by atoms with Crippen LogP contribution in [0, 0.1) is 0 Å². The SMILES string of the molecule is NCCCCC(N)C(=O)NC(CC(=O)O)C(=O)NC(Cc1ccc(O)cc1)C(=O)NC(Cc1ccc(O)cc1)C(=O)O. The summed E-state index contributed by atoms with van der Waals surface area (Å²) in [5.74, 6) is -5.46. The third-order valence-corrected chi connectivity index (χ3v) is 6.32. The van der Waals surface area contributed by atoms with E-state index in [0.717, 1.165) is 0 Å². The van der Waals surface area contributed by atoms with E-state index in [1.165, 1.54) is 48.5 Å². The van der Waals surface area contributed by atoms with Crippen molar-refractivity contribution in [3.05, 3.63) is 59.7 Å². The number of phenolic OH excluding ortho intramolecular Hbond substituents is 2. The lowest BCUT2D eigenvalue weighted by Gasteiger charge is -2.25. The first-order chi connectivity index (χ1) is 19.9. The van der Waals surface area contributed by atoms with Gasteiger partial charge in [0.25, 0.3) is 0 Å². The molecule has 0 saturated carbocycles. The van der Waals surface area contributed by atoms with Crippen LogP contribution >= 0.6 is 0 Å². The molecular weight excluding hydrogens is 550 g/mol. The first kappa shape index (κ1) is 33.5. The summed E-state index contributed by atoms with van der Waals surface area (Å²) in [6.07, 6.45) is 0.326. The molecule has 0 fully saturated rings. The third kappa shape index (κ3) is 11.4. The summed E-state index contributed by atoms with van der Waals surface area (Å²) in [4.78, 5) is 62.5. The second-order valence-electron chi connectivity index (χ2n) is 9.75. The number of carbonyl (C=O) groups excluding carboxylic acids is 3. The second-order valence-corrected chi connectivity index (χ2v) is 9.75. The highest BCUT2D eigenvalue weighted by Crippen LogP contribution is 2.14. The van der Waals surface area contributed by atoms with Crippen molar-refractivity contribution in [2.45, 2.75) is 62.7 Å². The fraction of sp³-hybridized carbons (Fsp3) is 0.393. The molecule has 0 aliphatic rings. The van der Waals surface area contributed by atoms with Gasteiger partial charge < -0.3 is 47.8 Å². The smallest absolute Gasteiger partial charge is 0.326 e. The van der Waals surface area contributed by atoms with Gasteiger partial charge in [0.2, 0.25) is 17.7 Å². The van der Waals surface area contributed by atoms with Crippen LogP contribution in [0.5, 0.6) is 11.5 Å². The van der Waals surface area contributed by atoms with Crippen molar-refractivity contribution in [2.24, 2.45) is 11.5 Å². The van der Waals surface area contributed by atoms with Gasteiger partial charge in [0.1, 0.15) is 29.6 Å². The van der Waals surface area contributed by atoms with Crippen LogP contribution in [-0.2, 0) is 36.8 Å². The van der Waals surface area contributed by atoms with Gasteiger partial charge in [-0.1, -0.05) is 30.7 Å². The van der Waals surface area contributed by atoms with E-state index in [-0.39, 0.29) is 30.8 Å². The van der Waals surface area contributed by atoms with Crippen LogP contribution < -0.4 is 27.4 Å². The van der Waals surface area contributed by atoms with Crippen LogP contribution in [0.2, 0.25) is 0 Å². The highest BCUT2D eigenvalue weighted by atomic mass is 16.4. The van der Waals surface area contributed by atoms with Crippen molar-refractivity contribution in [2.75, 3.05) is 6.54 Å². The van der Waals surface area contributed by atoms with Gasteiger partial charge >= 0.3 is 11.9 Å². The number of hydrogen-bond acceptors (Lipinski definition) is 9. The Morgan fingerprint density at radius 2 is 1.12 bits per heavy atom. The van der Waals surface area contributed by atoms with Crippen molar-refractivity contribution in [3.63, 3.8) is 0 Å². The maximum atomic E-state index is 13.3. The number of hydrogen-bond donors (Lipinski definition) is 9. The maximum Gasteiger partial charge on any atom is 0.326 e. The number of rotatable bonds is 17. The van der Waals surface area contributed by atoms with E-state index in [2.05, 4.69) is 16.0 Å². The monoisotopic (exact) mass is 587 g/mol. The maximum absolute atomic E-state index is 13.3. The normalized spacial score (nSPS) is 13.7. The van der Waals surface area contributed by atoms with Gasteiger partial charge in [0.05, 0.1) is 12.5 Å². The van der Waals surface area contributed by atoms with Crippen molar-refractivity contribution in [3.8, 4) is 11.5 Å². The second kappa shape index (κ2) is 16.5. The highest BCUT2D eigenvalue weighted by Gasteiger charge is 2.31. The molecule has 228 valence electrons. The lowest BCUT2D eigenvalue weighted by atomic mass is 10.0. The summed E-state index contributed by atoms with van der Waals surface area (Å²) in [6.45, 7) is 0.403. The molecule has 4 atom stereocenters. The summed E-state index contributed by atoms with van der Waals surface area (Å²) < 4.78 is 0. The molecule has 0 aliphatic heterocycles. The Hall–Kier alpha value is -4.69. The lowest BCUT2D eigenvalue weighted by Crippen LogP contribution is -2.58. The Labute approximate surface area is 242 Å². The van der Waals surface area contributed by atoms with Crippen LogP contribution in [0.25, 0.3) is 0 Å². The number of carboxylic acids is 2. The minimum absolute atomic E-state index is 0.0224. The predicted octanol–water partition coefficient (Wildman–Crippen LogP) is -0.647. The minimum atomic E-state index is -1.59. The number of aliphatic carboxylic acids is 2. The molecule has 0 radical (unpaired) electrons. The van der Waals surface area contributed by atoms with Crippen molar-refractivity contribution >= 4 is 29.7 Å². The van der Waals surface area contributed by atoms with E-state index in [0.29, 0.717) is 30.5 Å². The van der Waals surface area contributed by atoms with Crippen molar-refractivity contribution in [1.29, 1.82) is 0 Å². The molecule has 0 spiro atoms. The number of aromatic hydroxyl groups is 2. The molecule has 3 amide bonds. The van der Waals surface area contributed by atoms with Crippen LogP contribution in [0.1, 0.15) is 36.8 Å². The van der Waals surface area contributed by atoms with E-state index in [1.807, 2.05) is 0 Å². The average molecular weight is 588 g/mol. The topological polar surface area (TPSA) is 254 Å². The van der Waals surface area contributed by atoms with Gasteiger partial charge in [-0.05, 0) is 54.8 Å². The molecule has 2 aromatic carbocycles. The van der Waals surface area contributed by atoms with E-state index < -0.39 is 60.2 Å². The Bertz CT molecular complexity index is 1220. The van der Waals surface area contributed by atoms with Gasteiger partial charge in [-0.2, -0.15) is 0 Å². The fourth-order valence-corrected chi connectivity index (χ4v) is 3.99. The van der Waals surface area contributed by atoms with Crippen LogP contribution in [0.15, 0.2) is 48.5 Å². The number of carboxylic acid groups (broad SMARTS) is 2. The lowest BCUT2D eigenvalue weighted by molar-refractivity contribution is -0.143. The van der Waals surface area contributed by atoms with Gasteiger partial charge in [0.15, 0.2) is 0 Å². The van der Waals surface area contributed by atoms with E-state index >= 15 is 0 Å². The quantitative estimate of drug-likeness (QED) is 0.105. The standard InChI is InChI=1S/C28H37N5O9/c29-12-2-1-3-20(30)25(38)31-22(15-24(36)37)27(40)32-21(13-16-4-8-18(34)9-5-16)26(39)33-23(28(41)42)14-17-6-10-19(35)11-7-17/h4-11,20-23,34-35H,1-3,12-15,29-30H2,(H,31,38)(H,32,40)(H,33,39)(H,36,37)(H,41,42). The van der Waals surface area contributed by atoms with Crippen LogP contribution in [0.3, 0.4) is 0 Å². The zero-order valence-electron chi connectivity index (χ0n) is 22.9. The minimum Gasteiger partial charge on any atom is -0.508 e. The van der Waals surface area contributed by atoms with E-state index in [1.54, 1.807) is 0 Å². The first-order valence-electron chi connectivity index (χ1n) is 13.3. The molecule has 0 heterocycles. The number of carbonyl (C=O) groups is 5. The zero-order valence-corrected chi connectivity index (χ0v) is 22.9. The van der Waals surface area contributed by atoms with Gasteiger partial charge in [-0.15, -0.1) is 0 Å². The predicted molar refractivity (Wildman–Crippen MR) is 150 cm³/mol. The molecule has 2 aromatic rings.